The summed E-state index contributed by atoms with van der Waals surface area (Å²) in [5.41, 5.74) is 1.22. The Balaban J connectivity index is 1.96. The normalized spacial score (nSPS) is 10.2. The number of benzene rings is 2. The van der Waals surface area contributed by atoms with Gasteiger partial charge in [0.25, 0.3) is 5.91 Å². The van der Waals surface area contributed by atoms with Crippen LogP contribution in [0.2, 0.25) is 10.0 Å². The number of anilines is 1. The molecule has 0 heterocycles. The maximum atomic E-state index is 12.0. The molecule has 0 saturated carbocycles. The molecule has 0 spiro atoms. The Bertz CT molecular complexity index is 702. The van der Waals surface area contributed by atoms with Crippen molar-refractivity contribution in [3.63, 3.8) is 0 Å². The van der Waals surface area contributed by atoms with Gasteiger partial charge in [0.15, 0.2) is 0 Å². The van der Waals surface area contributed by atoms with Crippen molar-refractivity contribution in [1.82, 2.24) is 5.32 Å². The summed E-state index contributed by atoms with van der Waals surface area (Å²) in [4.78, 5) is 25.4. The molecule has 0 radical (unpaired) electrons. The molecule has 6 heteroatoms. The van der Waals surface area contributed by atoms with E-state index in [0.29, 0.717) is 34.4 Å². The Labute approximate surface area is 145 Å². The zero-order valence-electron chi connectivity index (χ0n) is 12.6. The number of hydrogen-bond donors (Lipinski definition) is 1. The summed E-state index contributed by atoms with van der Waals surface area (Å²) in [6.07, 6.45) is 0. The number of rotatable bonds is 5. The topological polar surface area (TPSA) is 49.4 Å². The predicted octanol–water partition coefficient (Wildman–Crippen LogP) is 3.78. The van der Waals surface area contributed by atoms with Crippen molar-refractivity contribution in [2.45, 2.75) is 6.92 Å². The summed E-state index contributed by atoms with van der Waals surface area (Å²) in [5, 5.41) is 3.91. The van der Waals surface area contributed by atoms with Crippen LogP contribution in [0, 0.1) is 0 Å². The van der Waals surface area contributed by atoms with Crippen molar-refractivity contribution in [3.8, 4) is 0 Å². The zero-order valence-corrected chi connectivity index (χ0v) is 14.1. The number of carbonyl (C=O) groups excluding carboxylic acids is 2. The lowest BCUT2D eigenvalue weighted by atomic mass is 10.2. The number of hydrogen-bond acceptors (Lipinski definition) is 2. The van der Waals surface area contributed by atoms with Gasteiger partial charge in [-0.1, -0.05) is 29.3 Å². The lowest BCUT2D eigenvalue weighted by molar-refractivity contribution is -0.116. The smallest absolute Gasteiger partial charge is 0.251 e. The molecule has 0 saturated heterocycles. The molecule has 0 aromatic heterocycles. The van der Waals surface area contributed by atoms with Crippen LogP contribution in [0.5, 0.6) is 0 Å². The van der Waals surface area contributed by atoms with E-state index in [9.17, 15) is 9.59 Å². The molecule has 2 aromatic rings. The van der Waals surface area contributed by atoms with Crippen LogP contribution in [0.1, 0.15) is 17.3 Å². The van der Waals surface area contributed by atoms with Crippen molar-refractivity contribution >= 4 is 40.7 Å². The molecule has 120 valence electrons. The molecule has 23 heavy (non-hydrogen) atoms. The van der Waals surface area contributed by atoms with Crippen molar-refractivity contribution in [2.75, 3.05) is 18.0 Å². The standard InChI is InChI=1S/C17H16Cl2N2O2/c1-12(22)21(16-4-2-3-15(19)11-16)10-9-20-17(23)13-5-7-14(18)8-6-13/h2-8,11H,9-10H2,1H3,(H,20,23). The fourth-order valence-corrected chi connectivity index (χ4v) is 2.41. The molecule has 0 aliphatic rings. The second-order valence-corrected chi connectivity index (χ2v) is 5.79. The highest BCUT2D eigenvalue weighted by atomic mass is 35.5. The molecular formula is C17H16Cl2N2O2. The van der Waals surface area contributed by atoms with E-state index in [2.05, 4.69) is 5.32 Å². The van der Waals surface area contributed by atoms with Gasteiger partial charge in [0.2, 0.25) is 5.91 Å². The number of carbonyl (C=O) groups is 2. The first-order chi connectivity index (χ1) is 11.0. The second-order valence-electron chi connectivity index (χ2n) is 4.91. The molecule has 2 amide bonds. The van der Waals surface area contributed by atoms with Crippen molar-refractivity contribution in [3.05, 3.63) is 64.1 Å². The molecule has 1 N–H and O–H groups in total. The molecule has 0 aliphatic carbocycles. The van der Waals surface area contributed by atoms with Gasteiger partial charge in [-0.25, -0.2) is 0 Å². The third-order valence-electron chi connectivity index (χ3n) is 3.23. The van der Waals surface area contributed by atoms with E-state index < -0.39 is 0 Å². The van der Waals surface area contributed by atoms with Crippen LogP contribution >= 0.6 is 23.2 Å². The first-order valence-electron chi connectivity index (χ1n) is 7.05. The van der Waals surface area contributed by atoms with E-state index in [0.717, 1.165) is 0 Å². The Morgan fingerprint density at radius 3 is 2.35 bits per heavy atom. The van der Waals surface area contributed by atoms with E-state index in [-0.39, 0.29) is 11.8 Å². The van der Waals surface area contributed by atoms with E-state index in [1.54, 1.807) is 53.4 Å². The van der Waals surface area contributed by atoms with Gasteiger partial charge in [0, 0.05) is 41.3 Å². The van der Waals surface area contributed by atoms with Crippen LogP contribution in [0.25, 0.3) is 0 Å². The highest BCUT2D eigenvalue weighted by Gasteiger charge is 2.12. The van der Waals surface area contributed by atoms with Gasteiger partial charge in [-0.05, 0) is 42.5 Å². The van der Waals surface area contributed by atoms with Crippen LogP contribution in [-0.2, 0) is 4.79 Å². The highest BCUT2D eigenvalue weighted by Crippen LogP contribution is 2.19. The Hall–Kier alpha value is -2.04. The lowest BCUT2D eigenvalue weighted by Crippen LogP contribution is -2.37. The van der Waals surface area contributed by atoms with Crippen LogP contribution in [0.4, 0.5) is 5.69 Å². The highest BCUT2D eigenvalue weighted by molar-refractivity contribution is 6.31. The minimum atomic E-state index is -0.212. The molecule has 4 nitrogen and oxygen atoms in total. The quantitative estimate of drug-likeness (QED) is 0.891. The lowest BCUT2D eigenvalue weighted by Gasteiger charge is -2.21. The zero-order chi connectivity index (χ0) is 16.8. The van der Waals surface area contributed by atoms with Crippen LogP contribution in [0.15, 0.2) is 48.5 Å². The minimum absolute atomic E-state index is 0.118. The van der Waals surface area contributed by atoms with Gasteiger partial charge in [0.1, 0.15) is 0 Å². The summed E-state index contributed by atoms with van der Waals surface area (Å²) in [6, 6.07) is 13.6. The third-order valence-corrected chi connectivity index (χ3v) is 3.71. The van der Waals surface area contributed by atoms with Crippen molar-refractivity contribution in [2.24, 2.45) is 0 Å². The first-order valence-corrected chi connectivity index (χ1v) is 7.80. The van der Waals surface area contributed by atoms with Crippen molar-refractivity contribution < 1.29 is 9.59 Å². The summed E-state index contributed by atoms with van der Waals surface area (Å²) in [6.45, 7) is 2.16. The SMILES string of the molecule is CC(=O)N(CCNC(=O)c1ccc(Cl)cc1)c1cccc(Cl)c1. The second kappa shape index (κ2) is 7.99. The van der Waals surface area contributed by atoms with Gasteiger partial charge in [0.05, 0.1) is 0 Å². The number of halogens is 2. The van der Waals surface area contributed by atoms with Crippen LogP contribution in [-0.4, -0.2) is 24.9 Å². The van der Waals surface area contributed by atoms with Gasteiger partial charge < -0.3 is 10.2 Å². The molecule has 0 bridgehead atoms. The molecule has 0 unspecified atom stereocenters. The summed E-state index contributed by atoms with van der Waals surface area (Å²) >= 11 is 11.7. The average molecular weight is 351 g/mol. The van der Waals surface area contributed by atoms with E-state index in [1.165, 1.54) is 6.92 Å². The largest absolute Gasteiger partial charge is 0.350 e. The fourth-order valence-electron chi connectivity index (χ4n) is 2.10. The van der Waals surface area contributed by atoms with E-state index >= 15 is 0 Å². The molecule has 2 rings (SSSR count). The van der Waals surface area contributed by atoms with Crippen LogP contribution < -0.4 is 10.2 Å². The molecular weight excluding hydrogens is 335 g/mol. The Morgan fingerprint density at radius 1 is 1.04 bits per heavy atom. The molecule has 0 atom stereocenters. The maximum absolute atomic E-state index is 12.0. The van der Waals surface area contributed by atoms with Gasteiger partial charge in [-0.15, -0.1) is 0 Å². The first kappa shape index (κ1) is 17.3. The molecule has 2 aromatic carbocycles. The monoisotopic (exact) mass is 350 g/mol. The minimum Gasteiger partial charge on any atom is -0.350 e. The summed E-state index contributed by atoms with van der Waals surface area (Å²) < 4.78 is 0. The fraction of sp³-hybridized carbons (Fsp3) is 0.176. The Kier molecular flexibility index (Phi) is 6.02. The van der Waals surface area contributed by atoms with Crippen LogP contribution in [0.3, 0.4) is 0 Å². The Morgan fingerprint density at radius 2 is 1.74 bits per heavy atom. The van der Waals surface area contributed by atoms with Gasteiger partial charge in [-0.2, -0.15) is 0 Å². The maximum Gasteiger partial charge on any atom is 0.251 e. The summed E-state index contributed by atoms with van der Waals surface area (Å²) in [5.74, 6) is -0.329. The average Bonchev–Trinajstić information content (AvgIpc) is 2.51. The van der Waals surface area contributed by atoms with E-state index in [4.69, 9.17) is 23.2 Å². The third kappa shape index (κ3) is 4.98. The molecule has 0 aliphatic heterocycles. The number of nitrogens with one attached hydrogen (secondary N) is 1. The van der Waals surface area contributed by atoms with Gasteiger partial charge in [-0.3, -0.25) is 9.59 Å². The van der Waals surface area contributed by atoms with E-state index in [1.807, 2.05) is 0 Å². The predicted molar refractivity (Wildman–Crippen MR) is 93.3 cm³/mol. The number of nitrogens with zero attached hydrogens (tertiary/aromatic N) is 1. The molecule has 0 fully saturated rings. The number of amides is 2. The summed E-state index contributed by atoms with van der Waals surface area (Å²) in [7, 11) is 0. The van der Waals surface area contributed by atoms with Crippen molar-refractivity contribution in [1.29, 1.82) is 0 Å². The van der Waals surface area contributed by atoms with Gasteiger partial charge >= 0.3 is 0 Å².